The molecule has 1 fully saturated rings. The Kier molecular flexibility index (Phi) is 5.82. The monoisotopic (exact) mass is 266 g/mol. The number of piperidine rings is 1. The Labute approximate surface area is 116 Å². The van der Waals surface area contributed by atoms with Gasteiger partial charge >= 0.3 is 0 Å². The molecule has 2 heterocycles. The molecule has 2 rings (SSSR count). The van der Waals surface area contributed by atoms with Gasteiger partial charge in [-0.25, -0.2) is 4.98 Å². The summed E-state index contributed by atoms with van der Waals surface area (Å²) in [5.41, 5.74) is 1.40. The minimum atomic E-state index is 0.674. The number of ether oxygens (including phenoxy) is 1. The second-order valence-corrected chi connectivity index (χ2v) is 5.33. The van der Waals surface area contributed by atoms with Crippen molar-refractivity contribution >= 4 is 0 Å². The lowest BCUT2D eigenvalue weighted by Crippen LogP contribution is -2.29. The maximum Gasteiger partial charge on any atom is 0.0948 e. The van der Waals surface area contributed by atoms with E-state index in [1.807, 2.05) is 12.5 Å². The van der Waals surface area contributed by atoms with Gasteiger partial charge in [-0.3, -0.25) is 0 Å². The number of rotatable bonds is 7. The maximum atomic E-state index is 5.10. The Morgan fingerprint density at radius 3 is 2.95 bits per heavy atom. The van der Waals surface area contributed by atoms with Gasteiger partial charge in [-0.15, -0.1) is 0 Å². The topological polar surface area (TPSA) is 42.3 Å². The lowest BCUT2D eigenvalue weighted by atomic mass is 9.95. The van der Waals surface area contributed by atoms with Crippen LogP contribution >= 0.6 is 0 Å². The van der Waals surface area contributed by atoms with E-state index in [0.717, 1.165) is 39.3 Å². The lowest BCUT2D eigenvalue weighted by molar-refractivity contribution is 0.159. The van der Waals surface area contributed by atoms with E-state index < -0.39 is 0 Å². The molecule has 0 radical (unpaired) electrons. The minimum Gasteiger partial charge on any atom is -0.383 e. The summed E-state index contributed by atoms with van der Waals surface area (Å²) < 4.78 is 7.42. The molecule has 0 bridgehead atoms. The van der Waals surface area contributed by atoms with E-state index in [4.69, 9.17) is 4.74 Å². The van der Waals surface area contributed by atoms with Crippen molar-refractivity contribution in [3.63, 3.8) is 0 Å². The highest BCUT2D eigenvalue weighted by molar-refractivity contribution is 5.07. The molecular weight excluding hydrogens is 240 g/mol. The molecule has 0 saturated carbocycles. The zero-order valence-electron chi connectivity index (χ0n) is 12.1. The van der Waals surface area contributed by atoms with E-state index >= 15 is 0 Å². The molecular formula is C14H26N4O. The van der Waals surface area contributed by atoms with Gasteiger partial charge in [-0.2, -0.15) is 0 Å². The van der Waals surface area contributed by atoms with Crippen LogP contribution in [-0.2, 0) is 11.3 Å². The van der Waals surface area contributed by atoms with Gasteiger partial charge in [0.1, 0.15) is 0 Å². The van der Waals surface area contributed by atoms with E-state index in [9.17, 15) is 0 Å². The molecule has 5 heteroatoms. The molecule has 1 N–H and O–H groups in total. The number of hydrogen-bond acceptors (Lipinski definition) is 4. The fraction of sp³-hybridized carbons (Fsp3) is 0.786. The molecule has 1 aliphatic rings. The van der Waals surface area contributed by atoms with Crippen molar-refractivity contribution in [2.45, 2.75) is 25.3 Å². The van der Waals surface area contributed by atoms with Crippen molar-refractivity contribution in [1.29, 1.82) is 0 Å². The Morgan fingerprint density at radius 2 is 2.21 bits per heavy atom. The molecule has 1 aromatic rings. The molecule has 0 spiro atoms. The average molecular weight is 266 g/mol. The fourth-order valence-corrected chi connectivity index (χ4v) is 2.61. The van der Waals surface area contributed by atoms with Crippen LogP contribution in [-0.4, -0.2) is 61.4 Å². The molecule has 0 unspecified atom stereocenters. The van der Waals surface area contributed by atoms with Crippen LogP contribution in [0, 0.1) is 0 Å². The predicted octanol–water partition coefficient (Wildman–Crippen LogP) is 0.928. The normalized spacial score (nSPS) is 17.2. The number of methoxy groups -OCH3 is 1. The SMILES string of the molecule is COCCN(C)CCn1cncc1C1CCNCC1. The van der Waals surface area contributed by atoms with Crippen LogP contribution in [0.15, 0.2) is 12.5 Å². The van der Waals surface area contributed by atoms with Gasteiger partial charge in [0.25, 0.3) is 0 Å². The summed E-state index contributed by atoms with van der Waals surface area (Å²) >= 11 is 0. The van der Waals surface area contributed by atoms with Crippen LogP contribution in [0.3, 0.4) is 0 Å². The van der Waals surface area contributed by atoms with Crippen LogP contribution in [0.1, 0.15) is 24.5 Å². The molecule has 1 saturated heterocycles. The molecule has 19 heavy (non-hydrogen) atoms. The van der Waals surface area contributed by atoms with Gasteiger partial charge in [0.05, 0.1) is 12.9 Å². The summed E-state index contributed by atoms with van der Waals surface area (Å²) in [4.78, 5) is 6.64. The van der Waals surface area contributed by atoms with Crippen LogP contribution in [0.5, 0.6) is 0 Å². The molecule has 0 aliphatic carbocycles. The van der Waals surface area contributed by atoms with Crippen molar-refractivity contribution in [3.8, 4) is 0 Å². The largest absolute Gasteiger partial charge is 0.383 e. The highest BCUT2D eigenvalue weighted by Crippen LogP contribution is 2.24. The number of imidazole rings is 1. The lowest BCUT2D eigenvalue weighted by Gasteiger charge is -2.24. The third-order valence-electron chi connectivity index (χ3n) is 3.90. The van der Waals surface area contributed by atoms with E-state index in [-0.39, 0.29) is 0 Å². The Balaban J connectivity index is 1.85. The van der Waals surface area contributed by atoms with Gasteiger partial charge < -0.3 is 19.5 Å². The Hall–Kier alpha value is -0.910. The molecule has 5 nitrogen and oxygen atoms in total. The van der Waals surface area contributed by atoms with E-state index in [1.165, 1.54) is 18.5 Å². The number of nitrogens with zero attached hydrogens (tertiary/aromatic N) is 3. The fourth-order valence-electron chi connectivity index (χ4n) is 2.61. The predicted molar refractivity (Wildman–Crippen MR) is 76.4 cm³/mol. The second-order valence-electron chi connectivity index (χ2n) is 5.33. The maximum absolute atomic E-state index is 5.10. The molecule has 1 aromatic heterocycles. The first-order valence-electron chi connectivity index (χ1n) is 7.19. The van der Waals surface area contributed by atoms with Gasteiger partial charge in [0.15, 0.2) is 0 Å². The third kappa shape index (κ3) is 4.30. The zero-order chi connectivity index (χ0) is 13.5. The van der Waals surface area contributed by atoms with Crippen LogP contribution in [0.2, 0.25) is 0 Å². The van der Waals surface area contributed by atoms with Crippen molar-refractivity contribution in [1.82, 2.24) is 19.8 Å². The van der Waals surface area contributed by atoms with Crippen molar-refractivity contribution in [2.24, 2.45) is 0 Å². The highest BCUT2D eigenvalue weighted by atomic mass is 16.5. The first-order chi connectivity index (χ1) is 9.31. The van der Waals surface area contributed by atoms with Gasteiger partial charge in [0, 0.05) is 44.6 Å². The molecule has 0 atom stereocenters. The summed E-state index contributed by atoms with van der Waals surface area (Å²) in [6.07, 6.45) is 6.48. The Bertz CT molecular complexity index is 360. The van der Waals surface area contributed by atoms with Gasteiger partial charge in [-0.1, -0.05) is 0 Å². The minimum absolute atomic E-state index is 0.674. The zero-order valence-corrected chi connectivity index (χ0v) is 12.1. The summed E-state index contributed by atoms with van der Waals surface area (Å²) in [7, 11) is 3.89. The van der Waals surface area contributed by atoms with Crippen LogP contribution < -0.4 is 5.32 Å². The first-order valence-corrected chi connectivity index (χ1v) is 7.19. The average Bonchev–Trinajstić information content (AvgIpc) is 2.92. The van der Waals surface area contributed by atoms with E-state index in [0.29, 0.717) is 5.92 Å². The molecule has 0 amide bonds. The Morgan fingerprint density at radius 1 is 1.42 bits per heavy atom. The van der Waals surface area contributed by atoms with E-state index in [2.05, 4.69) is 26.8 Å². The number of likely N-dealkylation sites (N-methyl/N-ethyl adjacent to an activating group) is 1. The smallest absolute Gasteiger partial charge is 0.0948 e. The van der Waals surface area contributed by atoms with Gasteiger partial charge in [-0.05, 0) is 33.0 Å². The second kappa shape index (κ2) is 7.62. The first kappa shape index (κ1) is 14.5. The summed E-state index contributed by atoms with van der Waals surface area (Å²) in [6, 6.07) is 0. The van der Waals surface area contributed by atoms with Gasteiger partial charge in [0.2, 0.25) is 0 Å². The number of aromatic nitrogens is 2. The standard InChI is InChI=1S/C14H26N4O/c1-17(9-10-19-2)7-8-18-12-16-11-14(18)13-3-5-15-6-4-13/h11-13,15H,3-10H2,1-2H3. The number of hydrogen-bond donors (Lipinski definition) is 1. The molecule has 1 aliphatic heterocycles. The van der Waals surface area contributed by atoms with Crippen LogP contribution in [0.25, 0.3) is 0 Å². The molecule has 108 valence electrons. The van der Waals surface area contributed by atoms with Crippen molar-refractivity contribution < 1.29 is 4.74 Å². The van der Waals surface area contributed by atoms with Crippen molar-refractivity contribution in [2.75, 3.05) is 46.9 Å². The van der Waals surface area contributed by atoms with Crippen LogP contribution in [0.4, 0.5) is 0 Å². The quantitative estimate of drug-likeness (QED) is 0.797. The molecule has 0 aromatic carbocycles. The van der Waals surface area contributed by atoms with E-state index in [1.54, 1.807) is 7.11 Å². The third-order valence-corrected chi connectivity index (χ3v) is 3.90. The highest BCUT2D eigenvalue weighted by Gasteiger charge is 2.18. The number of nitrogens with one attached hydrogen (secondary N) is 1. The summed E-state index contributed by atoms with van der Waals surface area (Å²) in [5.74, 6) is 0.674. The van der Waals surface area contributed by atoms with Crippen molar-refractivity contribution in [3.05, 3.63) is 18.2 Å². The summed E-state index contributed by atoms with van der Waals surface area (Å²) in [5, 5.41) is 3.42. The summed E-state index contributed by atoms with van der Waals surface area (Å²) in [6.45, 7) is 6.08.